The van der Waals surface area contributed by atoms with Crippen LogP contribution in [0, 0.1) is 136 Å². The molecular weight excluding hydrogens is 1740 g/mol. The SMILES string of the molecule is Cc1cc(C=O)cc([N+](=O)[O-])c1.Cc1cc(C=O)cc([N+](=O)[O-])c1.Cc1cc(C=O)cc([N+](=O)[O-])c1O.Cc1cc(C=O)cc([N+](=O)[O-])c1O.Cc1cc([N+](=O)[O-])cc(C=O)c1O.O=Cc1cc([N+](=O)[O-])c(O)c(O)c1Br.O=Cc1ccc(O)c(O)c1[N+](=O)[O-].O=Cc1ccc(O)c([N+](=O)[O-])c1.O=Cc1ccc([N+](=O)[O-])c(O)c1.O=Cc1cccc([N+](=O)[O-])c1. The summed E-state index contributed by atoms with van der Waals surface area (Å²) in [7, 11) is 0. The summed E-state index contributed by atoms with van der Waals surface area (Å²) >= 11 is 2.81. The maximum atomic E-state index is 10.4. The Hall–Kier alpha value is -18.4. The van der Waals surface area contributed by atoms with Gasteiger partial charge in [0.1, 0.15) is 49.8 Å². The first-order valence-corrected chi connectivity index (χ1v) is 33.6. The largest absolute Gasteiger partial charge is 0.507 e. The van der Waals surface area contributed by atoms with Crippen molar-refractivity contribution in [2.24, 2.45) is 0 Å². The molecule has 0 aromatic heterocycles. The van der Waals surface area contributed by atoms with Crippen LogP contribution in [0.1, 0.15) is 131 Å². The summed E-state index contributed by atoms with van der Waals surface area (Å²) in [6.07, 6.45) is 4.70. The van der Waals surface area contributed by atoms with Crippen LogP contribution in [0.5, 0.6) is 51.7 Å². The molecule has 650 valence electrons. The highest BCUT2D eigenvalue weighted by molar-refractivity contribution is 9.10. The van der Waals surface area contributed by atoms with Crippen LogP contribution in [-0.4, -0.2) is 158 Å². The molecule has 10 aromatic carbocycles. The Kier molecular flexibility index (Phi) is 42.1. The fourth-order valence-corrected chi connectivity index (χ4v) is 9.28. The molecule has 0 heterocycles. The van der Waals surface area contributed by atoms with Gasteiger partial charge in [-0.25, -0.2) is 0 Å². The number of aldehydes is 10. The molecule has 0 radical (unpaired) electrons. The van der Waals surface area contributed by atoms with Gasteiger partial charge in [-0.1, -0.05) is 12.1 Å². The van der Waals surface area contributed by atoms with E-state index in [9.17, 15) is 170 Å². The van der Waals surface area contributed by atoms with Crippen LogP contribution in [0.25, 0.3) is 0 Å². The maximum Gasteiger partial charge on any atom is 0.325 e. The van der Waals surface area contributed by atoms with E-state index in [1.807, 2.05) is 0 Å². The van der Waals surface area contributed by atoms with Crippen molar-refractivity contribution < 1.29 is 143 Å². The Bertz CT molecular complexity index is 5740. The first kappa shape index (κ1) is 105. The van der Waals surface area contributed by atoms with Crippen molar-refractivity contribution in [2.75, 3.05) is 0 Å². The second kappa shape index (κ2) is 50.3. The molecule has 0 aliphatic carbocycles. The number of non-ortho nitro benzene ring substituents is 4. The molecule has 0 aliphatic heterocycles. The van der Waals surface area contributed by atoms with E-state index >= 15 is 0 Å². The molecule has 125 heavy (non-hydrogen) atoms. The number of halogens is 1. The van der Waals surface area contributed by atoms with E-state index in [1.54, 1.807) is 26.0 Å². The summed E-state index contributed by atoms with van der Waals surface area (Å²) in [6.45, 7) is 7.90. The molecule has 50 heteroatoms. The molecule has 10 aromatic rings. The standard InChI is InChI=1S/3C8H7NO4.2C8H7NO3.C7H4BrNO5.C7H5NO5.2C7H5NO4.C7H5NO3/c1-5-2-7(9(12)13)3-6(4-10)8(5)11;2*1-5-2-6(4-10)3-7(8(5)11)9(12)13;2*1-6-2-7(5-10)4-8(3-6)9(11)12;8-5-3(2-10)1-4(9(13)14)6(11)7(5)12;9-3-4-1-2-5(10)7(11)6(4)8(12)13;9-4-5-1-2-7(10)6(3-5)8(11)12;9-4-5-1-2-6(8(11)12)7(10)3-5;9-5-6-2-1-3-7(4-6)8(10)11/h3*2-4,11H,1H3;2*2-5H,1H3;1-2,11-12H;1-3,10-11H;2*1-4,10H;1-5H. The zero-order valence-electron chi connectivity index (χ0n) is 63.8. The molecule has 0 fully saturated rings. The lowest BCUT2D eigenvalue weighted by molar-refractivity contribution is -0.386. The van der Waals surface area contributed by atoms with Gasteiger partial charge < -0.3 is 46.0 Å². The number of aryl methyl sites for hydroxylation is 5. The minimum atomic E-state index is -0.932. The number of hydrogen-bond donors (Lipinski definition) is 9. The number of hydrogen-bond acceptors (Lipinski definition) is 39. The number of carbonyl (C=O) groups excluding carboxylic acids is 10. The van der Waals surface area contributed by atoms with Crippen LogP contribution in [0.4, 0.5) is 56.9 Å². The minimum Gasteiger partial charge on any atom is -0.507 e. The molecule has 0 bridgehead atoms. The van der Waals surface area contributed by atoms with E-state index in [-0.39, 0.29) is 78.2 Å². The molecule has 0 saturated heterocycles. The summed E-state index contributed by atoms with van der Waals surface area (Å²) in [5, 5.41) is 185. The predicted molar refractivity (Wildman–Crippen MR) is 431 cm³/mol. The van der Waals surface area contributed by atoms with Crippen LogP contribution in [0.15, 0.2) is 156 Å². The average molecular weight is 1800 g/mol. The lowest BCUT2D eigenvalue weighted by atomic mass is 10.1. The monoisotopic (exact) mass is 1800 g/mol. The van der Waals surface area contributed by atoms with Crippen molar-refractivity contribution in [1.29, 1.82) is 0 Å². The fourth-order valence-electron chi connectivity index (χ4n) is 8.88. The highest BCUT2D eigenvalue weighted by Gasteiger charge is 2.25. The molecule has 9 N–H and O–H groups in total. The first-order chi connectivity index (χ1) is 58.5. The van der Waals surface area contributed by atoms with Crippen molar-refractivity contribution in [1.82, 2.24) is 0 Å². The van der Waals surface area contributed by atoms with E-state index in [0.29, 0.717) is 101 Å². The van der Waals surface area contributed by atoms with Crippen molar-refractivity contribution in [2.45, 2.75) is 34.6 Å². The predicted octanol–water partition coefficient (Wildman–Crippen LogP) is 13.7. The number of carbonyl (C=O) groups is 10. The Balaban J connectivity index is 0.000000695. The Morgan fingerprint density at radius 3 is 0.960 bits per heavy atom. The summed E-state index contributed by atoms with van der Waals surface area (Å²) in [5.41, 5.74) is 0.0677. The molecule has 0 spiro atoms. The van der Waals surface area contributed by atoms with Gasteiger partial charge in [0.2, 0.25) is 11.5 Å². The molecule has 0 atom stereocenters. The second-order valence-corrected chi connectivity index (χ2v) is 24.3. The summed E-state index contributed by atoms with van der Waals surface area (Å²) in [6, 6.07) is 30.9. The Labute approximate surface area is 703 Å². The molecule has 0 unspecified atom stereocenters. The number of nitro groups is 10. The third kappa shape index (κ3) is 32.5. The zero-order valence-corrected chi connectivity index (χ0v) is 65.4. The molecule has 0 aliphatic rings. The van der Waals surface area contributed by atoms with Crippen molar-refractivity contribution in [3.63, 3.8) is 0 Å². The van der Waals surface area contributed by atoms with Crippen LogP contribution in [0.3, 0.4) is 0 Å². The maximum absolute atomic E-state index is 10.4. The van der Waals surface area contributed by atoms with Crippen LogP contribution in [-0.2, 0) is 0 Å². The van der Waals surface area contributed by atoms with E-state index in [0.717, 1.165) is 60.7 Å². The van der Waals surface area contributed by atoms with Gasteiger partial charge in [-0.15, -0.1) is 0 Å². The summed E-state index contributed by atoms with van der Waals surface area (Å²) in [4.78, 5) is 199. The third-order valence-corrected chi connectivity index (χ3v) is 15.5. The lowest BCUT2D eigenvalue weighted by Crippen LogP contribution is -1.94. The quantitative estimate of drug-likeness (QED) is 0.0148. The van der Waals surface area contributed by atoms with Crippen molar-refractivity contribution in [3.05, 3.63) is 341 Å². The highest BCUT2D eigenvalue weighted by atomic mass is 79.9. The van der Waals surface area contributed by atoms with Gasteiger partial charge in [-0.2, -0.15) is 0 Å². The van der Waals surface area contributed by atoms with E-state index in [4.69, 9.17) is 25.5 Å². The van der Waals surface area contributed by atoms with Crippen molar-refractivity contribution in [3.8, 4) is 51.7 Å². The number of phenols is 9. The molecule has 49 nitrogen and oxygen atoms in total. The van der Waals surface area contributed by atoms with Crippen molar-refractivity contribution >= 4 is 136 Å². The second-order valence-electron chi connectivity index (χ2n) is 23.5. The topological polar surface area (TPSA) is 784 Å². The molecule has 0 amide bonds. The van der Waals surface area contributed by atoms with Gasteiger partial charge in [-0.05, 0) is 139 Å². The van der Waals surface area contributed by atoms with Crippen LogP contribution in [0.2, 0.25) is 0 Å². The Morgan fingerprint density at radius 1 is 0.240 bits per heavy atom. The fraction of sp³-hybridized carbons (Fsp3) is 0.0667. The number of aromatic hydroxyl groups is 9. The van der Waals surface area contributed by atoms with Gasteiger partial charge in [0.05, 0.1) is 64.8 Å². The van der Waals surface area contributed by atoms with E-state index in [2.05, 4.69) is 15.9 Å². The number of nitro benzene ring substituents is 10. The van der Waals surface area contributed by atoms with E-state index < -0.39 is 129 Å². The smallest absolute Gasteiger partial charge is 0.325 e. The third-order valence-electron chi connectivity index (χ3n) is 14.7. The normalized spacial score (nSPS) is 9.49. The number of rotatable bonds is 20. The van der Waals surface area contributed by atoms with Crippen LogP contribution >= 0.6 is 15.9 Å². The van der Waals surface area contributed by atoms with Gasteiger partial charge in [-0.3, -0.25) is 149 Å². The average Bonchev–Trinajstić information content (AvgIpc) is 0.817. The molecule has 10 rings (SSSR count). The number of benzene rings is 10. The van der Waals surface area contributed by atoms with Gasteiger partial charge in [0, 0.05) is 123 Å². The molecule has 0 saturated carbocycles. The van der Waals surface area contributed by atoms with Gasteiger partial charge >= 0.3 is 34.1 Å². The minimum absolute atomic E-state index is 0.0444. The lowest BCUT2D eigenvalue weighted by Gasteiger charge is -2.03. The highest BCUT2D eigenvalue weighted by Crippen LogP contribution is 2.43. The molecular formula is C75H59BrN10O39. The summed E-state index contributed by atoms with van der Waals surface area (Å²) < 4.78 is -0.0735. The number of phenolic OH excluding ortho intramolecular Hbond substituents is 9. The van der Waals surface area contributed by atoms with Gasteiger partial charge in [0.25, 0.3) is 22.7 Å². The van der Waals surface area contributed by atoms with Gasteiger partial charge in [0.15, 0.2) is 53.4 Å². The Morgan fingerprint density at radius 2 is 0.584 bits per heavy atom. The zero-order chi connectivity index (χ0) is 95.7. The first-order valence-electron chi connectivity index (χ1n) is 32.8. The summed E-state index contributed by atoms with van der Waals surface area (Å²) in [5.74, 6) is -5.04. The van der Waals surface area contributed by atoms with Crippen LogP contribution < -0.4 is 0 Å². The van der Waals surface area contributed by atoms with E-state index in [1.165, 1.54) is 99.6 Å². The number of nitrogens with zero attached hydrogens (tertiary/aromatic N) is 10.